The molecule has 3 N–H and O–H groups in total. The highest BCUT2D eigenvalue weighted by molar-refractivity contribution is 5.94. The number of imidazole rings is 1. The second-order valence-corrected chi connectivity index (χ2v) is 8.78. The summed E-state index contributed by atoms with van der Waals surface area (Å²) in [5.74, 6) is -0.476. The molecule has 0 saturated heterocycles. The molecule has 1 atom stereocenters. The Morgan fingerprint density at radius 3 is 2.67 bits per heavy atom. The Balaban J connectivity index is 1.28. The maximum Gasteiger partial charge on any atom is 0.392 e. The van der Waals surface area contributed by atoms with Gasteiger partial charge in [-0.3, -0.25) is 9.20 Å². The van der Waals surface area contributed by atoms with Crippen molar-refractivity contribution < 1.29 is 18.0 Å². The summed E-state index contributed by atoms with van der Waals surface area (Å²) in [6.07, 6.45) is -0.394. The Kier molecular flexibility index (Phi) is 6.20. The number of nitrogens with zero attached hydrogens (tertiary/aromatic N) is 6. The Labute approximate surface area is 204 Å². The highest BCUT2D eigenvalue weighted by Crippen LogP contribution is 2.34. The van der Waals surface area contributed by atoms with E-state index in [1.54, 1.807) is 33.6 Å². The number of halogens is 3. The lowest BCUT2D eigenvalue weighted by molar-refractivity contribution is -0.179. The molecule has 0 saturated carbocycles. The third-order valence-corrected chi connectivity index (χ3v) is 6.39. The topological polar surface area (TPSA) is 116 Å². The molecule has 3 aromatic heterocycles. The monoisotopic (exact) mass is 498 g/mol. The minimum atomic E-state index is -4.23. The predicted molar refractivity (Wildman–Crippen MR) is 125 cm³/mol. The van der Waals surface area contributed by atoms with Gasteiger partial charge in [0.05, 0.1) is 11.6 Å². The number of rotatable bonds is 6. The molecule has 5 rings (SSSR count). The Morgan fingerprint density at radius 2 is 1.97 bits per heavy atom. The van der Waals surface area contributed by atoms with Gasteiger partial charge in [-0.1, -0.05) is 31.2 Å². The van der Waals surface area contributed by atoms with E-state index in [4.69, 9.17) is 5.73 Å². The van der Waals surface area contributed by atoms with E-state index in [1.165, 1.54) is 0 Å². The Morgan fingerprint density at radius 1 is 1.19 bits per heavy atom. The van der Waals surface area contributed by atoms with Crippen molar-refractivity contribution in [1.82, 2.24) is 34.4 Å². The molecule has 1 aromatic carbocycles. The number of aromatic nitrogens is 6. The predicted octanol–water partition coefficient (Wildman–Crippen LogP) is 3.06. The van der Waals surface area contributed by atoms with E-state index in [1.807, 2.05) is 19.1 Å². The number of benzene rings is 1. The normalized spacial score (nSPS) is 15.8. The van der Waals surface area contributed by atoms with Gasteiger partial charge in [0.1, 0.15) is 11.5 Å². The lowest BCUT2D eigenvalue weighted by Gasteiger charge is -2.24. The van der Waals surface area contributed by atoms with Crippen LogP contribution in [-0.4, -0.2) is 41.2 Å². The highest BCUT2D eigenvalue weighted by atomic mass is 19.4. The summed E-state index contributed by atoms with van der Waals surface area (Å²) in [7, 11) is 0. The van der Waals surface area contributed by atoms with Gasteiger partial charge in [0.15, 0.2) is 5.82 Å². The zero-order chi connectivity index (χ0) is 25.4. The molecule has 1 aliphatic heterocycles. The van der Waals surface area contributed by atoms with E-state index in [2.05, 4.69) is 25.4 Å². The molecule has 4 aromatic rings. The molecular formula is C24H25F3N8O. The smallest absolute Gasteiger partial charge is 0.347 e. The summed E-state index contributed by atoms with van der Waals surface area (Å²) in [6.45, 7) is 2.70. The van der Waals surface area contributed by atoms with Crippen molar-refractivity contribution in [1.29, 1.82) is 0 Å². The Bertz CT molecular complexity index is 1410. The largest absolute Gasteiger partial charge is 0.392 e. The van der Waals surface area contributed by atoms with Gasteiger partial charge in [0, 0.05) is 49.6 Å². The summed E-state index contributed by atoms with van der Waals surface area (Å²) in [5.41, 5.74) is 9.13. The third-order valence-electron chi connectivity index (χ3n) is 6.39. The van der Waals surface area contributed by atoms with Crippen LogP contribution in [0.5, 0.6) is 0 Å². The van der Waals surface area contributed by atoms with E-state index in [-0.39, 0.29) is 31.8 Å². The van der Waals surface area contributed by atoms with Crippen molar-refractivity contribution in [3.63, 3.8) is 0 Å². The number of fused-ring (bicyclic) bond motifs is 2. The van der Waals surface area contributed by atoms with Crippen molar-refractivity contribution in [2.45, 2.75) is 52.0 Å². The molecule has 1 unspecified atom stereocenters. The standard InChI is InChI=1S/C24H25F3N8O/c1-2-18-20(34-13-15(10-28)12-30-23(34)31-18)22(36)29-11-14-3-5-16(6-4-14)21-32-19-9-17(24(25,26)27)7-8-35(19)33-21/h3-6,12-13,17H,2,7-11,28H2,1H3,(H,29,36). The van der Waals surface area contributed by atoms with E-state index >= 15 is 0 Å². The van der Waals surface area contributed by atoms with Crippen LogP contribution in [0.25, 0.3) is 17.2 Å². The summed E-state index contributed by atoms with van der Waals surface area (Å²) >= 11 is 0. The number of hydrogen-bond acceptors (Lipinski definition) is 6. The van der Waals surface area contributed by atoms with Gasteiger partial charge in [-0.05, 0) is 18.4 Å². The van der Waals surface area contributed by atoms with Crippen molar-refractivity contribution in [2.75, 3.05) is 0 Å². The van der Waals surface area contributed by atoms with Crippen LogP contribution in [0.15, 0.2) is 36.7 Å². The first kappa shape index (κ1) is 23.9. The second-order valence-electron chi connectivity index (χ2n) is 8.78. The van der Waals surface area contributed by atoms with E-state index in [0.717, 1.165) is 11.1 Å². The maximum absolute atomic E-state index is 13.1. The van der Waals surface area contributed by atoms with E-state index < -0.39 is 12.1 Å². The van der Waals surface area contributed by atoms with Gasteiger partial charge < -0.3 is 11.1 Å². The van der Waals surface area contributed by atoms with Gasteiger partial charge in [0.25, 0.3) is 5.91 Å². The number of carbonyl (C=O) groups excluding carboxylic acids is 1. The quantitative estimate of drug-likeness (QED) is 0.422. The zero-order valence-corrected chi connectivity index (χ0v) is 19.6. The van der Waals surface area contributed by atoms with Gasteiger partial charge in [0.2, 0.25) is 5.78 Å². The second kappa shape index (κ2) is 9.34. The molecule has 0 bridgehead atoms. The van der Waals surface area contributed by atoms with Crippen LogP contribution in [0.4, 0.5) is 13.2 Å². The van der Waals surface area contributed by atoms with Crippen molar-refractivity contribution in [2.24, 2.45) is 11.7 Å². The van der Waals surface area contributed by atoms with Crippen LogP contribution < -0.4 is 11.1 Å². The van der Waals surface area contributed by atoms with Gasteiger partial charge in [-0.2, -0.15) is 18.3 Å². The molecule has 0 radical (unpaired) electrons. The van der Waals surface area contributed by atoms with Crippen LogP contribution in [-0.2, 0) is 32.5 Å². The van der Waals surface area contributed by atoms with Gasteiger partial charge >= 0.3 is 6.18 Å². The molecular weight excluding hydrogens is 473 g/mol. The van der Waals surface area contributed by atoms with Crippen molar-refractivity contribution in [3.05, 3.63) is 65.0 Å². The fourth-order valence-electron chi connectivity index (χ4n) is 4.36. The van der Waals surface area contributed by atoms with Gasteiger partial charge in [-0.15, -0.1) is 0 Å². The van der Waals surface area contributed by atoms with E-state index in [9.17, 15) is 18.0 Å². The minimum absolute atomic E-state index is 0.00769. The van der Waals surface area contributed by atoms with E-state index in [0.29, 0.717) is 47.3 Å². The fourth-order valence-corrected chi connectivity index (χ4v) is 4.36. The maximum atomic E-state index is 13.1. The van der Waals surface area contributed by atoms with Gasteiger partial charge in [-0.25, -0.2) is 19.6 Å². The lowest BCUT2D eigenvalue weighted by Crippen LogP contribution is -2.31. The summed E-state index contributed by atoms with van der Waals surface area (Å²) < 4.78 is 42.5. The highest BCUT2D eigenvalue weighted by Gasteiger charge is 2.42. The first-order valence-corrected chi connectivity index (χ1v) is 11.7. The molecule has 1 aliphatic rings. The van der Waals surface area contributed by atoms with Crippen LogP contribution in [0, 0.1) is 5.92 Å². The molecule has 36 heavy (non-hydrogen) atoms. The molecule has 1 amide bonds. The molecule has 4 heterocycles. The average Bonchev–Trinajstić information content (AvgIpc) is 3.47. The molecule has 0 aliphatic carbocycles. The SMILES string of the molecule is CCc1nc2ncc(CN)cn2c1C(=O)NCc1ccc(-c2nc3n(n2)CCC(C(F)(F)F)C3)cc1. The first-order chi connectivity index (χ1) is 17.3. The number of carbonyl (C=O) groups is 1. The van der Waals surface area contributed by atoms with Crippen molar-refractivity contribution in [3.8, 4) is 11.4 Å². The lowest BCUT2D eigenvalue weighted by atomic mass is 9.98. The van der Waals surface area contributed by atoms with Crippen LogP contribution in [0.1, 0.15) is 46.5 Å². The molecule has 0 spiro atoms. The van der Waals surface area contributed by atoms with Crippen LogP contribution >= 0.6 is 0 Å². The molecule has 0 fully saturated rings. The summed E-state index contributed by atoms with van der Waals surface area (Å²) in [4.78, 5) is 26.1. The number of alkyl halides is 3. The average molecular weight is 499 g/mol. The number of amides is 1. The van der Waals surface area contributed by atoms with Crippen LogP contribution in [0.3, 0.4) is 0 Å². The number of aryl methyl sites for hydroxylation is 2. The first-order valence-electron chi connectivity index (χ1n) is 11.7. The number of nitrogens with two attached hydrogens (primary N) is 1. The fraction of sp³-hybridized carbons (Fsp3) is 0.375. The third kappa shape index (κ3) is 4.55. The summed E-state index contributed by atoms with van der Waals surface area (Å²) in [5, 5.41) is 7.30. The number of nitrogens with one attached hydrogen (secondary N) is 1. The van der Waals surface area contributed by atoms with Crippen LogP contribution in [0.2, 0.25) is 0 Å². The summed E-state index contributed by atoms with van der Waals surface area (Å²) in [6, 6.07) is 7.26. The minimum Gasteiger partial charge on any atom is -0.347 e. The Hall–Kier alpha value is -3.80. The van der Waals surface area contributed by atoms with Crippen molar-refractivity contribution >= 4 is 11.7 Å². The molecule has 9 nitrogen and oxygen atoms in total. The molecule has 188 valence electrons. The number of hydrogen-bond donors (Lipinski definition) is 2. The zero-order valence-electron chi connectivity index (χ0n) is 19.6. The molecule has 12 heteroatoms.